The smallest absolute Gasteiger partial charge is 0.316 e. The highest BCUT2D eigenvalue weighted by Gasteiger charge is 2.07. The van der Waals surface area contributed by atoms with Crippen molar-refractivity contribution in [2.45, 2.75) is 24.8 Å². The first kappa shape index (κ1) is 13.8. The van der Waals surface area contributed by atoms with Crippen LogP contribution >= 0.6 is 11.8 Å². The van der Waals surface area contributed by atoms with Crippen LogP contribution in [0.4, 0.5) is 5.82 Å². The monoisotopic (exact) mass is 255 g/mol. The highest BCUT2D eigenvalue weighted by Crippen LogP contribution is 2.19. The van der Waals surface area contributed by atoms with Gasteiger partial charge in [0.25, 0.3) is 0 Å². The minimum atomic E-state index is -0.253. The standard InChI is InChI=1S/C11H17N3O2S/c1-4-5-8-13-9(12-2)6-10(14-8)17-7-11(15)16-3/h6H,4-5,7H2,1-3H3,(H,12,13,14). The topological polar surface area (TPSA) is 64.1 Å². The average Bonchev–Trinajstić information content (AvgIpc) is 2.36. The van der Waals surface area contributed by atoms with E-state index in [1.807, 2.05) is 13.1 Å². The zero-order valence-corrected chi connectivity index (χ0v) is 11.1. The zero-order chi connectivity index (χ0) is 12.7. The Labute approximate surface area is 105 Å². The third-order valence-electron chi connectivity index (χ3n) is 2.04. The number of esters is 1. The highest BCUT2D eigenvalue weighted by molar-refractivity contribution is 7.99. The number of carbonyl (C=O) groups excluding carboxylic acids is 1. The van der Waals surface area contributed by atoms with Crippen LogP contribution in [-0.4, -0.2) is 35.8 Å². The fraction of sp³-hybridized carbons (Fsp3) is 0.545. The van der Waals surface area contributed by atoms with Gasteiger partial charge < -0.3 is 10.1 Å². The molecule has 0 bridgehead atoms. The molecule has 0 aliphatic heterocycles. The molecular formula is C11H17N3O2S. The third-order valence-corrected chi connectivity index (χ3v) is 2.93. The van der Waals surface area contributed by atoms with E-state index in [0.29, 0.717) is 0 Å². The lowest BCUT2D eigenvalue weighted by Crippen LogP contribution is -2.05. The number of hydrogen-bond acceptors (Lipinski definition) is 6. The van der Waals surface area contributed by atoms with Crippen LogP contribution in [0.2, 0.25) is 0 Å². The molecule has 0 amide bonds. The van der Waals surface area contributed by atoms with E-state index in [0.717, 1.165) is 29.5 Å². The van der Waals surface area contributed by atoms with Crippen molar-refractivity contribution < 1.29 is 9.53 Å². The van der Waals surface area contributed by atoms with Crippen LogP contribution in [0.15, 0.2) is 11.1 Å². The molecule has 0 unspecified atom stereocenters. The summed E-state index contributed by atoms with van der Waals surface area (Å²) in [5.74, 6) is 1.58. The molecular weight excluding hydrogens is 238 g/mol. The largest absolute Gasteiger partial charge is 0.468 e. The Balaban J connectivity index is 2.75. The molecule has 0 aliphatic rings. The van der Waals surface area contributed by atoms with Gasteiger partial charge in [-0.25, -0.2) is 9.97 Å². The van der Waals surface area contributed by atoms with Crippen molar-refractivity contribution in [1.29, 1.82) is 0 Å². The molecule has 0 radical (unpaired) electrons. The zero-order valence-electron chi connectivity index (χ0n) is 10.3. The van der Waals surface area contributed by atoms with Gasteiger partial charge in [-0.05, 0) is 6.42 Å². The van der Waals surface area contributed by atoms with E-state index in [1.54, 1.807) is 0 Å². The first-order valence-electron chi connectivity index (χ1n) is 5.45. The third kappa shape index (κ3) is 4.60. The molecule has 1 aromatic heterocycles. The maximum atomic E-state index is 11.0. The number of carbonyl (C=O) groups is 1. The number of hydrogen-bond donors (Lipinski definition) is 1. The molecule has 0 spiro atoms. The number of aromatic nitrogens is 2. The van der Waals surface area contributed by atoms with Crippen LogP contribution in [0.1, 0.15) is 19.2 Å². The van der Waals surface area contributed by atoms with Gasteiger partial charge in [0.05, 0.1) is 12.9 Å². The van der Waals surface area contributed by atoms with E-state index in [4.69, 9.17) is 0 Å². The van der Waals surface area contributed by atoms with Crippen LogP contribution in [0, 0.1) is 0 Å². The van der Waals surface area contributed by atoms with Gasteiger partial charge in [0.15, 0.2) is 0 Å². The van der Waals surface area contributed by atoms with Crippen molar-refractivity contribution in [2.24, 2.45) is 0 Å². The van der Waals surface area contributed by atoms with Crippen LogP contribution in [0.5, 0.6) is 0 Å². The van der Waals surface area contributed by atoms with Crippen molar-refractivity contribution >= 4 is 23.5 Å². The summed E-state index contributed by atoms with van der Waals surface area (Å²) in [5, 5.41) is 3.78. The first-order chi connectivity index (χ1) is 8.19. The van der Waals surface area contributed by atoms with Gasteiger partial charge in [-0.15, -0.1) is 0 Å². The second kappa shape index (κ2) is 7.11. The average molecular weight is 255 g/mol. The van der Waals surface area contributed by atoms with Crippen LogP contribution in [0.25, 0.3) is 0 Å². The number of methoxy groups -OCH3 is 1. The van der Waals surface area contributed by atoms with E-state index in [2.05, 4.69) is 26.9 Å². The SMILES string of the molecule is CCCc1nc(NC)cc(SCC(=O)OC)n1. The predicted molar refractivity (Wildman–Crippen MR) is 68.3 cm³/mol. The van der Waals surface area contributed by atoms with Gasteiger partial charge in [0.2, 0.25) is 0 Å². The molecule has 94 valence electrons. The van der Waals surface area contributed by atoms with Gasteiger partial charge in [0.1, 0.15) is 16.7 Å². The molecule has 0 saturated heterocycles. The summed E-state index contributed by atoms with van der Waals surface area (Å²) < 4.78 is 4.59. The van der Waals surface area contributed by atoms with E-state index < -0.39 is 0 Å². The molecule has 0 aliphatic carbocycles. The van der Waals surface area contributed by atoms with Gasteiger partial charge in [-0.1, -0.05) is 18.7 Å². The second-order valence-electron chi connectivity index (χ2n) is 3.37. The van der Waals surface area contributed by atoms with Gasteiger partial charge >= 0.3 is 5.97 Å². The quantitative estimate of drug-likeness (QED) is 0.474. The van der Waals surface area contributed by atoms with Crippen molar-refractivity contribution in [3.8, 4) is 0 Å². The molecule has 1 rings (SSSR count). The van der Waals surface area contributed by atoms with Crippen molar-refractivity contribution in [2.75, 3.05) is 25.2 Å². The van der Waals surface area contributed by atoms with E-state index in [9.17, 15) is 4.79 Å². The summed E-state index contributed by atoms with van der Waals surface area (Å²) in [6.45, 7) is 2.08. The number of rotatable bonds is 6. The molecule has 5 nitrogen and oxygen atoms in total. The molecule has 0 aromatic carbocycles. The summed E-state index contributed by atoms with van der Waals surface area (Å²) in [6.07, 6.45) is 1.83. The normalized spacial score (nSPS) is 10.1. The number of aryl methyl sites for hydroxylation is 1. The first-order valence-corrected chi connectivity index (χ1v) is 6.43. The van der Waals surface area contributed by atoms with Crippen molar-refractivity contribution in [3.05, 3.63) is 11.9 Å². The van der Waals surface area contributed by atoms with Crippen molar-refractivity contribution in [3.63, 3.8) is 0 Å². The molecule has 1 N–H and O–H groups in total. The summed E-state index contributed by atoms with van der Waals surface area (Å²) in [7, 11) is 3.19. The maximum Gasteiger partial charge on any atom is 0.316 e. The fourth-order valence-electron chi connectivity index (χ4n) is 1.20. The second-order valence-corrected chi connectivity index (χ2v) is 4.37. The minimum absolute atomic E-state index is 0.253. The lowest BCUT2D eigenvalue weighted by atomic mass is 10.3. The van der Waals surface area contributed by atoms with Gasteiger partial charge in [-0.3, -0.25) is 4.79 Å². The molecule has 0 saturated carbocycles. The molecule has 0 atom stereocenters. The molecule has 17 heavy (non-hydrogen) atoms. The molecule has 1 aromatic rings. The maximum absolute atomic E-state index is 11.0. The highest BCUT2D eigenvalue weighted by atomic mass is 32.2. The van der Waals surface area contributed by atoms with Crippen molar-refractivity contribution in [1.82, 2.24) is 9.97 Å². The predicted octanol–water partition coefficient (Wildman–Crippen LogP) is 1.74. The summed E-state index contributed by atoms with van der Waals surface area (Å²) >= 11 is 1.36. The lowest BCUT2D eigenvalue weighted by Gasteiger charge is -2.06. The Morgan fingerprint density at radius 3 is 2.88 bits per heavy atom. The van der Waals surface area contributed by atoms with E-state index >= 15 is 0 Å². The number of thioether (sulfide) groups is 1. The van der Waals surface area contributed by atoms with Gasteiger partial charge in [0, 0.05) is 19.5 Å². The Morgan fingerprint density at radius 2 is 2.29 bits per heavy atom. The van der Waals surface area contributed by atoms with Crippen LogP contribution in [0.3, 0.4) is 0 Å². The number of nitrogens with zero attached hydrogens (tertiary/aromatic N) is 2. The summed E-state index contributed by atoms with van der Waals surface area (Å²) in [5.41, 5.74) is 0. The Hall–Kier alpha value is -1.30. The van der Waals surface area contributed by atoms with E-state index in [1.165, 1.54) is 18.9 Å². The molecule has 1 heterocycles. The Morgan fingerprint density at radius 1 is 1.53 bits per heavy atom. The minimum Gasteiger partial charge on any atom is -0.468 e. The Bertz CT molecular complexity index is 385. The van der Waals surface area contributed by atoms with Crippen LogP contribution in [-0.2, 0) is 16.0 Å². The Kier molecular flexibility index (Phi) is 5.76. The van der Waals surface area contributed by atoms with Gasteiger partial charge in [-0.2, -0.15) is 0 Å². The fourth-order valence-corrected chi connectivity index (χ4v) is 1.95. The number of anilines is 1. The van der Waals surface area contributed by atoms with E-state index in [-0.39, 0.29) is 11.7 Å². The number of nitrogens with one attached hydrogen (secondary N) is 1. The van der Waals surface area contributed by atoms with Crippen LogP contribution < -0.4 is 5.32 Å². The molecule has 6 heteroatoms. The summed E-state index contributed by atoms with van der Waals surface area (Å²) in [6, 6.07) is 1.83. The number of ether oxygens (including phenoxy) is 1. The molecule has 0 fully saturated rings. The lowest BCUT2D eigenvalue weighted by molar-refractivity contribution is -0.137. The summed E-state index contributed by atoms with van der Waals surface area (Å²) in [4.78, 5) is 19.8.